The van der Waals surface area contributed by atoms with Crippen molar-refractivity contribution in [3.63, 3.8) is 0 Å². The second-order valence-electron chi connectivity index (χ2n) is 4.37. The van der Waals surface area contributed by atoms with Gasteiger partial charge in [-0.2, -0.15) is 0 Å². The first-order valence-corrected chi connectivity index (χ1v) is 5.73. The largest absolute Gasteiger partial charge is 0.469 e. The lowest BCUT2D eigenvalue weighted by atomic mass is 10.1. The molecule has 1 heterocycles. The van der Waals surface area contributed by atoms with E-state index in [9.17, 15) is 9.18 Å². The number of carbonyl (C=O) groups excluding carboxylic acids is 1. The average molecular weight is 237 g/mol. The van der Waals surface area contributed by atoms with Crippen molar-refractivity contribution in [2.45, 2.75) is 13.0 Å². The van der Waals surface area contributed by atoms with Gasteiger partial charge in [0, 0.05) is 13.1 Å². The van der Waals surface area contributed by atoms with E-state index >= 15 is 0 Å². The van der Waals surface area contributed by atoms with Gasteiger partial charge in [-0.15, -0.1) is 0 Å². The number of carbonyl (C=O) groups is 1. The smallest absolute Gasteiger partial charge is 0.310 e. The zero-order valence-electron chi connectivity index (χ0n) is 9.86. The van der Waals surface area contributed by atoms with Gasteiger partial charge in [0.15, 0.2) is 0 Å². The van der Waals surface area contributed by atoms with Gasteiger partial charge in [-0.25, -0.2) is 4.39 Å². The number of methoxy groups -OCH3 is 1. The van der Waals surface area contributed by atoms with Crippen molar-refractivity contribution >= 4 is 5.97 Å². The summed E-state index contributed by atoms with van der Waals surface area (Å²) in [6.07, 6.45) is 0.821. The Labute approximate surface area is 100 Å². The summed E-state index contributed by atoms with van der Waals surface area (Å²) in [5.74, 6) is -0.397. The molecule has 92 valence electrons. The summed E-state index contributed by atoms with van der Waals surface area (Å²) in [6.45, 7) is 2.24. The molecule has 0 aromatic heterocycles. The minimum atomic E-state index is -0.216. The van der Waals surface area contributed by atoms with Crippen molar-refractivity contribution < 1.29 is 13.9 Å². The van der Waals surface area contributed by atoms with Crippen molar-refractivity contribution in [1.82, 2.24) is 4.90 Å². The first-order chi connectivity index (χ1) is 8.19. The van der Waals surface area contributed by atoms with E-state index in [1.165, 1.54) is 19.2 Å². The number of benzene rings is 1. The van der Waals surface area contributed by atoms with Crippen LogP contribution in [0.1, 0.15) is 12.0 Å². The maximum Gasteiger partial charge on any atom is 0.310 e. The maximum atomic E-state index is 13.0. The van der Waals surface area contributed by atoms with Crippen LogP contribution in [0.15, 0.2) is 24.3 Å². The van der Waals surface area contributed by atoms with Crippen LogP contribution in [0.2, 0.25) is 0 Å². The van der Waals surface area contributed by atoms with E-state index < -0.39 is 0 Å². The highest BCUT2D eigenvalue weighted by Crippen LogP contribution is 2.19. The van der Waals surface area contributed by atoms with Crippen LogP contribution in [0, 0.1) is 11.7 Å². The van der Waals surface area contributed by atoms with Crippen LogP contribution in [0.3, 0.4) is 0 Å². The molecular weight excluding hydrogens is 221 g/mol. The number of hydrogen-bond donors (Lipinski definition) is 0. The minimum Gasteiger partial charge on any atom is -0.469 e. The summed E-state index contributed by atoms with van der Waals surface area (Å²) in [6, 6.07) is 6.57. The molecular formula is C13H16FNO2. The number of ether oxygens (including phenoxy) is 1. The Hall–Kier alpha value is -1.42. The normalized spacial score (nSPS) is 20.5. The van der Waals surface area contributed by atoms with Crippen LogP contribution in [0.25, 0.3) is 0 Å². The molecule has 1 fully saturated rings. The highest BCUT2D eigenvalue weighted by Gasteiger charge is 2.28. The van der Waals surface area contributed by atoms with Crippen LogP contribution in [0.4, 0.5) is 4.39 Å². The molecule has 0 N–H and O–H groups in total. The van der Waals surface area contributed by atoms with Gasteiger partial charge in [-0.1, -0.05) is 12.1 Å². The molecule has 1 unspecified atom stereocenters. The molecule has 1 saturated heterocycles. The fourth-order valence-corrected chi connectivity index (χ4v) is 2.23. The molecule has 0 spiro atoms. The topological polar surface area (TPSA) is 29.5 Å². The van der Waals surface area contributed by atoms with Crippen LogP contribution < -0.4 is 0 Å². The Morgan fingerprint density at radius 3 is 3.12 bits per heavy atom. The van der Waals surface area contributed by atoms with Gasteiger partial charge in [-0.05, 0) is 30.7 Å². The second-order valence-corrected chi connectivity index (χ2v) is 4.37. The molecule has 0 bridgehead atoms. The third kappa shape index (κ3) is 3.03. The van der Waals surface area contributed by atoms with E-state index in [4.69, 9.17) is 4.74 Å². The lowest BCUT2D eigenvalue weighted by Gasteiger charge is -2.15. The second kappa shape index (κ2) is 5.27. The molecule has 0 aliphatic carbocycles. The number of rotatable bonds is 3. The molecule has 17 heavy (non-hydrogen) atoms. The number of halogens is 1. The fraction of sp³-hybridized carbons (Fsp3) is 0.462. The van der Waals surface area contributed by atoms with E-state index in [0.29, 0.717) is 13.1 Å². The quantitative estimate of drug-likeness (QED) is 0.751. The molecule has 1 aliphatic rings. The van der Waals surface area contributed by atoms with E-state index in [1.54, 1.807) is 6.07 Å². The monoisotopic (exact) mass is 237 g/mol. The van der Waals surface area contributed by atoms with Gasteiger partial charge in [0.25, 0.3) is 0 Å². The minimum absolute atomic E-state index is 0.0337. The third-order valence-corrected chi connectivity index (χ3v) is 3.10. The molecule has 3 nitrogen and oxygen atoms in total. The Morgan fingerprint density at radius 1 is 1.59 bits per heavy atom. The molecule has 0 saturated carbocycles. The SMILES string of the molecule is COC(=O)C1CCN(Cc2cccc(F)c2)C1. The summed E-state index contributed by atoms with van der Waals surface area (Å²) in [7, 11) is 1.41. The van der Waals surface area contributed by atoms with Crippen molar-refractivity contribution in [2.24, 2.45) is 5.92 Å². The predicted octanol–water partition coefficient (Wildman–Crippen LogP) is 1.82. The molecule has 2 rings (SSSR count). The zero-order chi connectivity index (χ0) is 12.3. The predicted molar refractivity (Wildman–Crippen MR) is 61.8 cm³/mol. The maximum absolute atomic E-state index is 13.0. The number of hydrogen-bond acceptors (Lipinski definition) is 3. The van der Waals surface area contributed by atoms with Crippen LogP contribution in [0.5, 0.6) is 0 Å². The van der Waals surface area contributed by atoms with Gasteiger partial charge in [0.2, 0.25) is 0 Å². The summed E-state index contributed by atoms with van der Waals surface area (Å²) in [5.41, 5.74) is 0.940. The van der Waals surface area contributed by atoms with E-state index in [-0.39, 0.29) is 17.7 Å². The molecule has 4 heteroatoms. The van der Waals surface area contributed by atoms with Crippen LogP contribution >= 0.6 is 0 Å². The Morgan fingerprint density at radius 2 is 2.41 bits per heavy atom. The van der Waals surface area contributed by atoms with Gasteiger partial charge >= 0.3 is 5.97 Å². The van der Waals surface area contributed by atoms with E-state index in [1.807, 2.05) is 6.07 Å². The average Bonchev–Trinajstić information content (AvgIpc) is 2.76. The third-order valence-electron chi connectivity index (χ3n) is 3.10. The molecule has 0 radical (unpaired) electrons. The number of likely N-dealkylation sites (tertiary alicyclic amines) is 1. The summed E-state index contributed by atoms with van der Waals surface area (Å²) < 4.78 is 17.7. The molecule has 1 atom stereocenters. The lowest BCUT2D eigenvalue weighted by Crippen LogP contribution is -2.23. The molecule has 1 aromatic carbocycles. The summed E-state index contributed by atoms with van der Waals surface area (Å²) >= 11 is 0. The summed E-state index contributed by atoms with van der Waals surface area (Å²) in [5, 5.41) is 0. The van der Waals surface area contributed by atoms with E-state index in [2.05, 4.69) is 4.90 Å². The van der Waals surface area contributed by atoms with Crippen molar-refractivity contribution in [2.75, 3.05) is 20.2 Å². The van der Waals surface area contributed by atoms with E-state index in [0.717, 1.165) is 18.5 Å². The first-order valence-electron chi connectivity index (χ1n) is 5.73. The standard InChI is InChI=1S/C13H16FNO2/c1-17-13(16)11-5-6-15(9-11)8-10-3-2-4-12(14)7-10/h2-4,7,11H,5-6,8-9H2,1H3. The zero-order valence-corrected chi connectivity index (χ0v) is 9.86. The molecule has 1 aliphatic heterocycles. The van der Waals surface area contributed by atoms with Gasteiger partial charge in [0.05, 0.1) is 13.0 Å². The van der Waals surface area contributed by atoms with Gasteiger partial charge in [0.1, 0.15) is 5.82 Å². The Kier molecular flexibility index (Phi) is 3.74. The van der Waals surface area contributed by atoms with Crippen LogP contribution in [-0.4, -0.2) is 31.1 Å². The van der Waals surface area contributed by atoms with Crippen molar-refractivity contribution in [1.29, 1.82) is 0 Å². The highest BCUT2D eigenvalue weighted by molar-refractivity contribution is 5.72. The Balaban J connectivity index is 1.92. The first kappa shape index (κ1) is 12.0. The van der Waals surface area contributed by atoms with Gasteiger partial charge in [-0.3, -0.25) is 9.69 Å². The Bertz CT molecular complexity index is 408. The number of esters is 1. The highest BCUT2D eigenvalue weighted by atomic mass is 19.1. The van der Waals surface area contributed by atoms with Crippen molar-refractivity contribution in [3.05, 3.63) is 35.6 Å². The fourth-order valence-electron chi connectivity index (χ4n) is 2.23. The van der Waals surface area contributed by atoms with Gasteiger partial charge < -0.3 is 4.74 Å². The molecule has 0 amide bonds. The van der Waals surface area contributed by atoms with Crippen molar-refractivity contribution in [3.8, 4) is 0 Å². The number of nitrogens with zero attached hydrogens (tertiary/aromatic N) is 1. The lowest BCUT2D eigenvalue weighted by molar-refractivity contribution is -0.144. The van der Waals surface area contributed by atoms with Crippen LogP contribution in [-0.2, 0) is 16.1 Å². The summed E-state index contributed by atoms with van der Waals surface area (Å²) in [4.78, 5) is 13.5. The molecule has 1 aromatic rings.